The van der Waals surface area contributed by atoms with E-state index in [2.05, 4.69) is 12.2 Å². The van der Waals surface area contributed by atoms with Crippen molar-refractivity contribution in [1.82, 2.24) is 5.32 Å². The maximum Gasteiger partial charge on any atom is 0.407 e. The van der Waals surface area contributed by atoms with Gasteiger partial charge in [0, 0.05) is 12.5 Å². The van der Waals surface area contributed by atoms with Gasteiger partial charge < -0.3 is 28.5 Å². The van der Waals surface area contributed by atoms with Crippen LogP contribution in [0.2, 0.25) is 0 Å². The molecule has 0 saturated carbocycles. The average Bonchev–Trinajstić information content (AvgIpc) is 3.09. The largest absolute Gasteiger partial charge is 0.756 e. The van der Waals surface area contributed by atoms with Crippen molar-refractivity contribution in [3.63, 3.8) is 0 Å². The number of phosphoric acid groups is 1. The third-order valence-corrected chi connectivity index (χ3v) is 11.9. The van der Waals surface area contributed by atoms with Crippen molar-refractivity contribution in [2.24, 2.45) is 11.8 Å². The Hall–Kier alpha value is -0.660. The van der Waals surface area contributed by atoms with Crippen molar-refractivity contribution in [3.05, 3.63) is 0 Å². The summed E-state index contributed by atoms with van der Waals surface area (Å²) in [6, 6.07) is 0. The van der Waals surface area contributed by atoms with E-state index in [1.165, 1.54) is 153 Å². The molecule has 0 aromatic carbocycles. The first kappa shape index (κ1) is 43.5. The molecule has 3 fully saturated rings. The Morgan fingerprint density at radius 1 is 0.688 bits per heavy atom. The first-order chi connectivity index (χ1) is 23.4. The Morgan fingerprint density at radius 2 is 1.19 bits per heavy atom. The van der Waals surface area contributed by atoms with Crippen molar-refractivity contribution < 1.29 is 32.5 Å². The van der Waals surface area contributed by atoms with Gasteiger partial charge in [0.2, 0.25) is 0 Å². The predicted molar refractivity (Wildman–Crippen MR) is 197 cm³/mol. The van der Waals surface area contributed by atoms with E-state index in [1.54, 1.807) is 0 Å². The van der Waals surface area contributed by atoms with Crippen LogP contribution in [0.4, 0.5) is 4.79 Å². The number of alkyl carbamates (subject to hydrolysis) is 1. The molecule has 0 aliphatic carbocycles. The zero-order chi connectivity index (χ0) is 34.6. The summed E-state index contributed by atoms with van der Waals surface area (Å²) in [5.41, 5.74) is 0. The van der Waals surface area contributed by atoms with Gasteiger partial charge >= 0.3 is 6.09 Å². The fraction of sp³-hybridized carbons (Fsp3) is 0.974. The molecule has 284 valence electrons. The highest BCUT2D eigenvalue weighted by atomic mass is 31.2. The number of phosphoric ester groups is 1. The fourth-order valence-electron chi connectivity index (χ4n) is 7.69. The van der Waals surface area contributed by atoms with Crippen molar-refractivity contribution in [1.29, 1.82) is 0 Å². The quantitative estimate of drug-likeness (QED) is 0.0416. The molecule has 48 heavy (non-hydrogen) atoms. The lowest BCUT2D eigenvalue weighted by Gasteiger charge is -2.49. The van der Waals surface area contributed by atoms with E-state index >= 15 is 0 Å². The predicted octanol–water partition coefficient (Wildman–Crippen LogP) is 10.5. The summed E-state index contributed by atoms with van der Waals surface area (Å²) in [5, 5.41) is 2.84. The van der Waals surface area contributed by atoms with Gasteiger partial charge in [-0.05, 0) is 50.9 Å². The highest BCUT2D eigenvalue weighted by molar-refractivity contribution is 7.45. The van der Waals surface area contributed by atoms with Gasteiger partial charge in [0.25, 0.3) is 7.82 Å². The van der Waals surface area contributed by atoms with Crippen LogP contribution in [0.15, 0.2) is 0 Å². The van der Waals surface area contributed by atoms with Crippen molar-refractivity contribution >= 4 is 13.9 Å². The molecule has 3 saturated heterocycles. The van der Waals surface area contributed by atoms with Crippen LogP contribution >= 0.6 is 7.82 Å². The highest BCUT2D eigenvalue weighted by Crippen LogP contribution is 2.39. The second kappa shape index (κ2) is 28.0. The van der Waals surface area contributed by atoms with Gasteiger partial charge in [-0.15, -0.1) is 0 Å². The molecule has 3 rings (SSSR count). The molecule has 3 aliphatic heterocycles. The second-order valence-electron chi connectivity index (χ2n) is 15.3. The molecule has 0 spiro atoms. The smallest absolute Gasteiger partial charge is 0.407 e. The standard InChI is InChI=1S/C39H77N2O6P/c1-3-5-6-7-8-9-10-11-12-13-14-15-16-17-18-19-20-21-22-29-40-39(42)45-35-38(25-4-2)36-47-48(43,44)46-34-24-23-30-41-31-26-37(27-32-41)28-33-41/h37-38H,3-36H2,1-2H3,(H-,40,42,43,44). The summed E-state index contributed by atoms with van der Waals surface area (Å²) in [5.74, 6) is 0.765. The Morgan fingerprint density at radius 3 is 1.69 bits per heavy atom. The van der Waals surface area contributed by atoms with E-state index in [1.807, 2.05) is 6.92 Å². The van der Waals surface area contributed by atoms with Crippen molar-refractivity contribution in [2.75, 3.05) is 52.5 Å². The number of nitrogens with one attached hydrogen (secondary N) is 1. The zero-order valence-corrected chi connectivity index (χ0v) is 32.4. The van der Waals surface area contributed by atoms with Gasteiger partial charge in [-0.1, -0.05) is 136 Å². The number of nitrogens with zero attached hydrogens (tertiary/aromatic N) is 1. The van der Waals surface area contributed by atoms with Crippen LogP contribution in [0.1, 0.15) is 181 Å². The third kappa shape index (κ3) is 22.2. The van der Waals surface area contributed by atoms with Gasteiger partial charge in [0.15, 0.2) is 0 Å². The molecule has 0 aromatic heterocycles. The van der Waals surface area contributed by atoms with E-state index in [0.717, 1.165) is 44.6 Å². The van der Waals surface area contributed by atoms with E-state index < -0.39 is 13.9 Å². The minimum Gasteiger partial charge on any atom is -0.756 e. The van der Waals surface area contributed by atoms with Crippen LogP contribution in [0.5, 0.6) is 0 Å². The summed E-state index contributed by atoms with van der Waals surface area (Å²) in [7, 11) is -4.37. The maximum atomic E-state index is 12.3. The SMILES string of the molecule is CCCCCCCCCCCCCCCCCCCCCNC(=O)OCC(CCC)COP(=O)([O-])OCCCC[N+]12CCC(CC1)CC2. The molecular formula is C39H77N2O6P. The molecule has 8 nitrogen and oxygen atoms in total. The van der Waals surface area contributed by atoms with Crippen LogP contribution in [-0.4, -0.2) is 63.1 Å². The Kier molecular flexibility index (Phi) is 25.4. The van der Waals surface area contributed by atoms with E-state index in [0.29, 0.717) is 13.0 Å². The summed E-state index contributed by atoms with van der Waals surface area (Å²) in [6.45, 7) is 10.2. The Bertz CT molecular complexity index is 809. The van der Waals surface area contributed by atoms with Crippen LogP contribution in [0, 0.1) is 11.8 Å². The van der Waals surface area contributed by atoms with Gasteiger partial charge in [-0.3, -0.25) is 4.57 Å². The van der Waals surface area contributed by atoms with Gasteiger partial charge in [-0.25, -0.2) is 4.79 Å². The lowest BCUT2D eigenvalue weighted by molar-refractivity contribution is -0.942. The molecule has 0 aromatic rings. The number of ether oxygens (including phenoxy) is 1. The topological polar surface area (TPSA) is 96.9 Å². The van der Waals surface area contributed by atoms with Crippen LogP contribution in [0.3, 0.4) is 0 Å². The molecule has 3 heterocycles. The van der Waals surface area contributed by atoms with Crippen LogP contribution in [-0.2, 0) is 18.3 Å². The van der Waals surface area contributed by atoms with E-state index in [-0.39, 0.29) is 25.7 Å². The number of fused-ring (bicyclic) bond motifs is 3. The molecule has 0 radical (unpaired) electrons. The van der Waals surface area contributed by atoms with Gasteiger partial charge in [-0.2, -0.15) is 0 Å². The molecule has 2 unspecified atom stereocenters. The summed E-state index contributed by atoms with van der Waals surface area (Å²) >= 11 is 0. The monoisotopic (exact) mass is 701 g/mol. The summed E-state index contributed by atoms with van der Waals surface area (Å²) < 4.78 is 29.3. The summed E-state index contributed by atoms with van der Waals surface area (Å²) in [4.78, 5) is 24.5. The molecular weight excluding hydrogens is 623 g/mol. The summed E-state index contributed by atoms with van der Waals surface area (Å²) in [6.07, 6.45) is 32.4. The number of carbonyl (C=O) groups excluding carboxylic acids is 1. The van der Waals surface area contributed by atoms with E-state index in [4.69, 9.17) is 13.8 Å². The first-order valence-corrected chi connectivity index (χ1v) is 22.2. The molecule has 9 heteroatoms. The Labute approximate surface area is 296 Å². The van der Waals surface area contributed by atoms with E-state index in [9.17, 15) is 14.3 Å². The number of rotatable bonds is 33. The molecule has 1 amide bonds. The number of carbonyl (C=O) groups is 1. The number of amides is 1. The van der Waals surface area contributed by atoms with Gasteiger partial charge in [0.1, 0.15) is 0 Å². The number of piperidine rings is 3. The highest BCUT2D eigenvalue weighted by Gasteiger charge is 2.38. The zero-order valence-electron chi connectivity index (χ0n) is 31.5. The lowest BCUT2D eigenvalue weighted by atomic mass is 9.85. The normalized spacial score (nSPS) is 20.9. The number of unbranched alkanes of at least 4 members (excludes halogenated alkanes) is 19. The number of hydrogen-bond donors (Lipinski definition) is 1. The molecule has 2 bridgehead atoms. The Balaban J connectivity index is 1.36. The fourth-order valence-corrected chi connectivity index (χ4v) is 8.51. The first-order valence-electron chi connectivity index (χ1n) is 20.7. The molecule has 1 N–H and O–H groups in total. The maximum absolute atomic E-state index is 12.3. The third-order valence-electron chi connectivity index (χ3n) is 11.0. The number of hydrogen-bond acceptors (Lipinski definition) is 6. The average molecular weight is 701 g/mol. The molecule has 3 aliphatic rings. The number of quaternary nitrogens is 1. The van der Waals surface area contributed by atoms with Crippen LogP contribution in [0.25, 0.3) is 0 Å². The van der Waals surface area contributed by atoms with Crippen LogP contribution < -0.4 is 10.2 Å². The lowest BCUT2D eigenvalue weighted by Crippen LogP contribution is -2.58. The second-order valence-corrected chi connectivity index (χ2v) is 16.7. The van der Waals surface area contributed by atoms with Crippen molar-refractivity contribution in [3.8, 4) is 0 Å². The minimum absolute atomic E-state index is 0.0254. The van der Waals surface area contributed by atoms with Crippen molar-refractivity contribution in [2.45, 2.75) is 181 Å². The minimum atomic E-state index is -4.37. The molecule has 2 atom stereocenters. The van der Waals surface area contributed by atoms with Gasteiger partial charge in [0.05, 0.1) is 46.0 Å².